The fourth-order valence-corrected chi connectivity index (χ4v) is 2.84. The number of fused-ring (bicyclic) bond motifs is 2. The Morgan fingerprint density at radius 1 is 1.21 bits per heavy atom. The zero-order valence-corrected chi connectivity index (χ0v) is 9.20. The Bertz CT molecular complexity index is 215. The second-order valence-corrected chi connectivity index (χ2v) is 4.39. The number of carbonyl (C=O) groups excluding carboxylic acids is 1. The van der Waals surface area contributed by atoms with Crippen LogP contribution in [-0.2, 0) is 4.79 Å². The van der Waals surface area contributed by atoms with Gasteiger partial charge in [0.15, 0.2) is 0 Å². The summed E-state index contributed by atoms with van der Waals surface area (Å²) in [5.74, 6) is 0.355. The van der Waals surface area contributed by atoms with Crippen LogP contribution in [0.5, 0.6) is 0 Å². The van der Waals surface area contributed by atoms with E-state index in [0.29, 0.717) is 24.4 Å². The molecule has 0 saturated carbocycles. The van der Waals surface area contributed by atoms with Crippen molar-refractivity contribution in [3.8, 4) is 0 Å². The van der Waals surface area contributed by atoms with E-state index in [-0.39, 0.29) is 0 Å². The molecule has 0 spiro atoms. The second-order valence-electron chi connectivity index (χ2n) is 4.39. The third kappa shape index (κ3) is 1.54. The van der Waals surface area contributed by atoms with Gasteiger partial charge in [0.05, 0.1) is 0 Å². The first-order valence-electron chi connectivity index (χ1n) is 5.79. The van der Waals surface area contributed by atoms with E-state index in [9.17, 15) is 4.79 Å². The van der Waals surface area contributed by atoms with Gasteiger partial charge in [0.2, 0.25) is 5.91 Å². The summed E-state index contributed by atoms with van der Waals surface area (Å²) in [4.78, 5) is 16.4. The lowest BCUT2D eigenvalue weighted by Crippen LogP contribution is -2.55. The smallest absolute Gasteiger partial charge is 0.222 e. The molecule has 80 valence electrons. The van der Waals surface area contributed by atoms with Crippen LogP contribution >= 0.6 is 0 Å². The Balaban J connectivity index is 2.06. The number of amides is 1. The van der Waals surface area contributed by atoms with E-state index in [0.717, 1.165) is 19.6 Å². The molecule has 2 atom stereocenters. The topological polar surface area (TPSA) is 23.6 Å². The van der Waals surface area contributed by atoms with Gasteiger partial charge in [-0.05, 0) is 19.4 Å². The highest BCUT2D eigenvalue weighted by molar-refractivity contribution is 5.77. The lowest BCUT2D eigenvalue weighted by Gasteiger charge is -2.40. The monoisotopic (exact) mass is 196 g/mol. The Morgan fingerprint density at radius 3 is 2.21 bits per heavy atom. The molecule has 2 aliphatic rings. The lowest BCUT2D eigenvalue weighted by atomic mass is 10.1. The molecule has 0 aromatic heterocycles. The number of hydrogen-bond acceptors (Lipinski definition) is 2. The zero-order valence-electron chi connectivity index (χ0n) is 9.20. The number of likely N-dealkylation sites (tertiary alicyclic amines) is 1. The zero-order chi connectivity index (χ0) is 10.1. The van der Waals surface area contributed by atoms with Crippen molar-refractivity contribution in [1.82, 2.24) is 9.80 Å². The van der Waals surface area contributed by atoms with Gasteiger partial charge in [-0.25, -0.2) is 0 Å². The molecule has 3 heteroatoms. The standard InChI is InChI=1S/C11H20N2O/c1-3-11(14)13-9-5-6-10(13)8-12(4-2)7-9/h9-10H,3-8H2,1-2H3/t9-,10+. The van der Waals surface area contributed by atoms with E-state index in [1.54, 1.807) is 0 Å². The molecule has 2 rings (SSSR count). The van der Waals surface area contributed by atoms with Gasteiger partial charge in [-0.15, -0.1) is 0 Å². The summed E-state index contributed by atoms with van der Waals surface area (Å²) in [5, 5.41) is 0. The maximum Gasteiger partial charge on any atom is 0.222 e. The first kappa shape index (κ1) is 9.97. The highest BCUT2D eigenvalue weighted by Gasteiger charge is 2.41. The number of carbonyl (C=O) groups is 1. The van der Waals surface area contributed by atoms with Gasteiger partial charge in [-0.3, -0.25) is 9.69 Å². The van der Waals surface area contributed by atoms with E-state index >= 15 is 0 Å². The Kier molecular flexibility index (Phi) is 2.77. The van der Waals surface area contributed by atoms with Crippen molar-refractivity contribution in [3.63, 3.8) is 0 Å². The molecule has 14 heavy (non-hydrogen) atoms. The van der Waals surface area contributed by atoms with Crippen molar-refractivity contribution in [3.05, 3.63) is 0 Å². The van der Waals surface area contributed by atoms with Crippen LogP contribution in [0.3, 0.4) is 0 Å². The third-order valence-corrected chi connectivity index (χ3v) is 3.60. The third-order valence-electron chi connectivity index (χ3n) is 3.60. The number of piperazine rings is 1. The lowest BCUT2D eigenvalue weighted by molar-refractivity contribution is -0.136. The summed E-state index contributed by atoms with van der Waals surface area (Å²) in [5.41, 5.74) is 0. The molecular formula is C11H20N2O. The van der Waals surface area contributed by atoms with Crippen LogP contribution < -0.4 is 0 Å². The highest BCUT2D eigenvalue weighted by Crippen LogP contribution is 2.30. The second kappa shape index (κ2) is 3.89. The van der Waals surface area contributed by atoms with Crippen molar-refractivity contribution in [2.24, 2.45) is 0 Å². The average molecular weight is 196 g/mol. The fourth-order valence-electron chi connectivity index (χ4n) is 2.84. The Labute approximate surface area is 86.1 Å². The van der Waals surface area contributed by atoms with E-state index in [2.05, 4.69) is 16.7 Å². The molecule has 3 nitrogen and oxygen atoms in total. The molecule has 2 fully saturated rings. The molecule has 2 aliphatic heterocycles. The van der Waals surface area contributed by atoms with E-state index in [1.807, 2.05) is 6.92 Å². The fraction of sp³-hybridized carbons (Fsp3) is 0.909. The van der Waals surface area contributed by atoms with Gasteiger partial charge in [0, 0.05) is 31.6 Å². The maximum absolute atomic E-state index is 11.7. The van der Waals surface area contributed by atoms with Gasteiger partial charge in [0.1, 0.15) is 0 Å². The quantitative estimate of drug-likeness (QED) is 0.660. The maximum atomic E-state index is 11.7. The van der Waals surface area contributed by atoms with Crippen molar-refractivity contribution < 1.29 is 4.79 Å². The predicted octanol–water partition coefficient (Wildman–Crippen LogP) is 1.09. The van der Waals surface area contributed by atoms with Crippen LogP contribution in [0.4, 0.5) is 0 Å². The first-order valence-corrected chi connectivity index (χ1v) is 5.79. The Hall–Kier alpha value is -0.570. The molecular weight excluding hydrogens is 176 g/mol. The summed E-state index contributed by atoms with van der Waals surface area (Å²) < 4.78 is 0. The summed E-state index contributed by atoms with van der Waals surface area (Å²) in [6.45, 7) is 7.49. The summed E-state index contributed by atoms with van der Waals surface area (Å²) >= 11 is 0. The van der Waals surface area contributed by atoms with Crippen molar-refractivity contribution in [2.45, 2.75) is 45.2 Å². The van der Waals surface area contributed by atoms with Gasteiger partial charge in [0.25, 0.3) is 0 Å². The van der Waals surface area contributed by atoms with E-state index < -0.39 is 0 Å². The largest absolute Gasteiger partial charge is 0.334 e. The highest BCUT2D eigenvalue weighted by atomic mass is 16.2. The number of nitrogens with zero attached hydrogens (tertiary/aromatic N) is 2. The van der Waals surface area contributed by atoms with Crippen LogP contribution in [0, 0.1) is 0 Å². The average Bonchev–Trinajstić information content (AvgIpc) is 2.48. The summed E-state index contributed by atoms with van der Waals surface area (Å²) in [7, 11) is 0. The van der Waals surface area contributed by atoms with Crippen molar-refractivity contribution >= 4 is 5.91 Å². The molecule has 0 radical (unpaired) electrons. The minimum atomic E-state index is 0.355. The first-order chi connectivity index (χ1) is 6.76. The van der Waals surface area contributed by atoms with Crippen molar-refractivity contribution in [2.75, 3.05) is 19.6 Å². The van der Waals surface area contributed by atoms with Crippen LogP contribution in [0.1, 0.15) is 33.1 Å². The van der Waals surface area contributed by atoms with Crippen LogP contribution in [-0.4, -0.2) is 47.4 Å². The number of likely N-dealkylation sites (N-methyl/N-ethyl adjacent to an activating group) is 1. The molecule has 2 saturated heterocycles. The van der Waals surface area contributed by atoms with Gasteiger partial charge in [-0.2, -0.15) is 0 Å². The summed E-state index contributed by atoms with van der Waals surface area (Å²) in [6, 6.07) is 1.03. The predicted molar refractivity (Wildman–Crippen MR) is 56.1 cm³/mol. The molecule has 0 unspecified atom stereocenters. The van der Waals surface area contributed by atoms with Crippen LogP contribution in [0.2, 0.25) is 0 Å². The van der Waals surface area contributed by atoms with Crippen LogP contribution in [0.15, 0.2) is 0 Å². The van der Waals surface area contributed by atoms with Gasteiger partial charge in [-0.1, -0.05) is 13.8 Å². The molecule has 1 amide bonds. The number of rotatable bonds is 2. The minimum Gasteiger partial charge on any atom is -0.334 e. The van der Waals surface area contributed by atoms with E-state index in [1.165, 1.54) is 12.8 Å². The molecule has 2 heterocycles. The van der Waals surface area contributed by atoms with Gasteiger partial charge < -0.3 is 4.90 Å². The van der Waals surface area contributed by atoms with Crippen LogP contribution in [0.25, 0.3) is 0 Å². The normalized spacial score (nSPS) is 32.3. The minimum absolute atomic E-state index is 0.355. The molecule has 2 bridgehead atoms. The Morgan fingerprint density at radius 2 is 1.79 bits per heavy atom. The molecule has 0 aliphatic carbocycles. The molecule has 0 N–H and O–H groups in total. The molecule has 0 aromatic rings. The SMILES string of the molecule is CCC(=O)N1[C@@H]2CC[C@H]1CN(CC)C2. The summed E-state index contributed by atoms with van der Waals surface area (Å²) in [6.07, 6.45) is 3.10. The van der Waals surface area contributed by atoms with Gasteiger partial charge >= 0.3 is 0 Å². The van der Waals surface area contributed by atoms with E-state index in [4.69, 9.17) is 0 Å². The van der Waals surface area contributed by atoms with Crippen molar-refractivity contribution in [1.29, 1.82) is 0 Å². The molecule has 0 aromatic carbocycles. The number of hydrogen-bond donors (Lipinski definition) is 0.